The fraction of sp³-hybridized carbons (Fsp3) is 0.0909. The number of benzene rings is 1. The van der Waals surface area contributed by atoms with Crippen LogP contribution in [0.2, 0.25) is 5.02 Å². The maximum Gasteiger partial charge on any atom is 0.158 e. The van der Waals surface area contributed by atoms with Crippen molar-refractivity contribution in [2.45, 2.75) is 10.6 Å². The van der Waals surface area contributed by atoms with Gasteiger partial charge in [-0.1, -0.05) is 17.7 Å². The van der Waals surface area contributed by atoms with Gasteiger partial charge in [0.15, 0.2) is 5.82 Å². The van der Waals surface area contributed by atoms with E-state index < -0.39 is 0 Å². The number of thioether (sulfide) groups is 1. The van der Waals surface area contributed by atoms with E-state index in [1.807, 2.05) is 24.3 Å². The molecule has 88 valence electrons. The van der Waals surface area contributed by atoms with Gasteiger partial charge >= 0.3 is 0 Å². The lowest BCUT2D eigenvalue weighted by Crippen LogP contribution is -2.08. The maximum atomic E-state index is 5.90. The Morgan fingerprint density at radius 2 is 2.18 bits per heavy atom. The normalized spacial score (nSPS) is 10.2. The van der Waals surface area contributed by atoms with Crippen LogP contribution in [0, 0.1) is 0 Å². The summed E-state index contributed by atoms with van der Waals surface area (Å²) in [5.74, 6) is 6.51. The fourth-order valence-corrected chi connectivity index (χ4v) is 2.32. The summed E-state index contributed by atoms with van der Waals surface area (Å²) in [4.78, 5) is 9.43. The summed E-state index contributed by atoms with van der Waals surface area (Å²) in [7, 11) is 0. The second-order valence-corrected chi connectivity index (χ2v) is 4.77. The first-order valence-electron chi connectivity index (χ1n) is 4.94. The molecule has 0 aliphatic heterocycles. The number of hydrogen-bond donors (Lipinski definition) is 2. The Hall–Kier alpha value is -1.30. The lowest BCUT2D eigenvalue weighted by atomic mass is 10.4. The number of nitrogens with zero attached hydrogens (tertiary/aromatic N) is 2. The van der Waals surface area contributed by atoms with Crippen LogP contribution in [0.5, 0.6) is 0 Å². The molecule has 0 fully saturated rings. The zero-order valence-corrected chi connectivity index (χ0v) is 10.5. The first-order chi connectivity index (χ1) is 8.28. The largest absolute Gasteiger partial charge is 0.307 e. The zero-order chi connectivity index (χ0) is 12.1. The van der Waals surface area contributed by atoms with Crippen LogP contribution in [0.25, 0.3) is 0 Å². The van der Waals surface area contributed by atoms with Crippen molar-refractivity contribution < 1.29 is 0 Å². The molecule has 0 radical (unpaired) electrons. The molecular formula is C11H11ClN4S. The number of nitrogen functional groups attached to an aromatic ring is 1. The van der Waals surface area contributed by atoms with E-state index in [2.05, 4.69) is 15.4 Å². The molecule has 0 saturated heterocycles. The van der Waals surface area contributed by atoms with Crippen LogP contribution in [-0.4, -0.2) is 9.97 Å². The van der Waals surface area contributed by atoms with Crippen molar-refractivity contribution in [3.8, 4) is 0 Å². The van der Waals surface area contributed by atoms with Crippen molar-refractivity contribution in [3.63, 3.8) is 0 Å². The Kier molecular flexibility index (Phi) is 4.19. The SMILES string of the molecule is NNc1cnc(CSc2cccc(Cl)c2)cn1. The number of nitrogens with one attached hydrogen (secondary N) is 1. The first-order valence-corrected chi connectivity index (χ1v) is 6.30. The molecule has 0 unspecified atom stereocenters. The van der Waals surface area contributed by atoms with E-state index >= 15 is 0 Å². The smallest absolute Gasteiger partial charge is 0.158 e. The van der Waals surface area contributed by atoms with E-state index in [4.69, 9.17) is 17.4 Å². The van der Waals surface area contributed by atoms with Crippen molar-refractivity contribution in [1.29, 1.82) is 0 Å². The van der Waals surface area contributed by atoms with Crippen molar-refractivity contribution in [2.75, 3.05) is 5.43 Å². The van der Waals surface area contributed by atoms with Crippen LogP contribution in [-0.2, 0) is 5.75 Å². The average molecular weight is 267 g/mol. The Balaban J connectivity index is 1.97. The molecule has 0 amide bonds. The number of rotatable bonds is 4. The second kappa shape index (κ2) is 5.86. The van der Waals surface area contributed by atoms with Crippen LogP contribution in [0.4, 0.5) is 5.82 Å². The number of halogens is 1. The predicted molar refractivity (Wildman–Crippen MR) is 70.9 cm³/mol. The van der Waals surface area contributed by atoms with Gasteiger partial charge in [-0.2, -0.15) is 0 Å². The molecule has 17 heavy (non-hydrogen) atoms. The van der Waals surface area contributed by atoms with Gasteiger partial charge < -0.3 is 5.43 Å². The Bertz CT molecular complexity index is 489. The summed E-state index contributed by atoms with van der Waals surface area (Å²) in [6.07, 6.45) is 3.31. The highest BCUT2D eigenvalue weighted by atomic mass is 35.5. The molecule has 1 aromatic heterocycles. The molecule has 6 heteroatoms. The molecule has 1 aromatic carbocycles. The highest BCUT2D eigenvalue weighted by molar-refractivity contribution is 7.98. The summed E-state index contributed by atoms with van der Waals surface area (Å²) in [6.45, 7) is 0. The van der Waals surface area contributed by atoms with Crippen molar-refractivity contribution in [1.82, 2.24) is 9.97 Å². The van der Waals surface area contributed by atoms with E-state index in [1.165, 1.54) is 0 Å². The third kappa shape index (κ3) is 3.59. The molecule has 2 aromatic rings. The molecule has 0 saturated carbocycles. The molecule has 0 aliphatic carbocycles. The molecule has 1 heterocycles. The molecule has 2 rings (SSSR count). The summed E-state index contributed by atoms with van der Waals surface area (Å²) in [5, 5.41) is 0.740. The fourth-order valence-electron chi connectivity index (χ4n) is 1.22. The molecular weight excluding hydrogens is 256 g/mol. The minimum absolute atomic E-state index is 0.557. The van der Waals surface area contributed by atoms with E-state index in [-0.39, 0.29) is 0 Å². The Morgan fingerprint density at radius 1 is 1.29 bits per heavy atom. The van der Waals surface area contributed by atoms with E-state index in [0.717, 1.165) is 21.4 Å². The van der Waals surface area contributed by atoms with Crippen LogP contribution in [0.3, 0.4) is 0 Å². The first kappa shape index (κ1) is 12.2. The van der Waals surface area contributed by atoms with Crippen LogP contribution < -0.4 is 11.3 Å². The zero-order valence-electron chi connectivity index (χ0n) is 8.93. The minimum atomic E-state index is 0.557. The van der Waals surface area contributed by atoms with Crippen LogP contribution in [0.1, 0.15) is 5.69 Å². The van der Waals surface area contributed by atoms with Crippen molar-refractivity contribution in [2.24, 2.45) is 5.84 Å². The molecule has 3 N–H and O–H groups in total. The van der Waals surface area contributed by atoms with Gasteiger partial charge in [-0.05, 0) is 18.2 Å². The summed E-state index contributed by atoms with van der Waals surface area (Å²) < 4.78 is 0. The quantitative estimate of drug-likeness (QED) is 0.506. The average Bonchev–Trinajstić information content (AvgIpc) is 2.37. The lowest BCUT2D eigenvalue weighted by Gasteiger charge is -2.02. The van der Waals surface area contributed by atoms with Gasteiger partial charge in [0.2, 0.25) is 0 Å². The number of nitrogens with two attached hydrogens (primary N) is 1. The van der Waals surface area contributed by atoms with E-state index in [9.17, 15) is 0 Å². The van der Waals surface area contributed by atoms with E-state index in [0.29, 0.717) is 5.82 Å². The summed E-state index contributed by atoms with van der Waals surface area (Å²) in [5.41, 5.74) is 3.33. The highest BCUT2D eigenvalue weighted by Gasteiger charge is 1.99. The van der Waals surface area contributed by atoms with Gasteiger partial charge in [-0.3, -0.25) is 4.98 Å². The third-order valence-electron chi connectivity index (χ3n) is 2.04. The topological polar surface area (TPSA) is 63.8 Å². The Morgan fingerprint density at radius 3 is 2.82 bits per heavy atom. The number of aromatic nitrogens is 2. The molecule has 0 aliphatic rings. The maximum absolute atomic E-state index is 5.90. The standard InChI is InChI=1S/C11H11ClN4S/c12-8-2-1-3-10(4-8)17-7-9-5-15-11(16-13)6-14-9/h1-6H,7,13H2,(H,15,16). The van der Waals surface area contributed by atoms with Gasteiger partial charge in [0, 0.05) is 15.7 Å². The van der Waals surface area contributed by atoms with Crippen molar-refractivity contribution in [3.05, 3.63) is 47.4 Å². The van der Waals surface area contributed by atoms with Gasteiger partial charge in [0.25, 0.3) is 0 Å². The lowest BCUT2D eigenvalue weighted by molar-refractivity contribution is 1.08. The van der Waals surface area contributed by atoms with Gasteiger partial charge in [-0.15, -0.1) is 11.8 Å². The summed E-state index contributed by atoms with van der Waals surface area (Å²) in [6, 6.07) is 7.72. The molecule has 0 bridgehead atoms. The number of hydrazine groups is 1. The van der Waals surface area contributed by atoms with Crippen molar-refractivity contribution >= 4 is 29.2 Å². The van der Waals surface area contributed by atoms with Gasteiger partial charge in [-0.25, -0.2) is 10.8 Å². The van der Waals surface area contributed by atoms with Crippen LogP contribution in [0.15, 0.2) is 41.6 Å². The Labute approximate surface area is 109 Å². The summed E-state index contributed by atoms with van der Waals surface area (Å²) >= 11 is 7.57. The van der Waals surface area contributed by atoms with Gasteiger partial charge in [0.1, 0.15) is 0 Å². The second-order valence-electron chi connectivity index (χ2n) is 3.28. The van der Waals surface area contributed by atoms with Crippen LogP contribution >= 0.6 is 23.4 Å². The van der Waals surface area contributed by atoms with Gasteiger partial charge in [0.05, 0.1) is 18.1 Å². The minimum Gasteiger partial charge on any atom is -0.307 e. The monoisotopic (exact) mass is 266 g/mol. The predicted octanol–water partition coefficient (Wildman–Crippen LogP) is 2.71. The van der Waals surface area contributed by atoms with E-state index in [1.54, 1.807) is 24.2 Å². The third-order valence-corrected chi connectivity index (χ3v) is 3.30. The number of anilines is 1. The number of hydrogen-bond acceptors (Lipinski definition) is 5. The molecule has 0 spiro atoms. The highest BCUT2D eigenvalue weighted by Crippen LogP contribution is 2.24. The molecule has 4 nitrogen and oxygen atoms in total. The molecule has 0 atom stereocenters.